The number of nitrogens with one attached hydrogen (secondary N) is 3. The zero-order chi connectivity index (χ0) is 38.2. The second-order valence-corrected chi connectivity index (χ2v) is 14.7. The van der Waals surface area contributed by atoms with Crippen LogP contribution in [0.15, 0.2) is 48.5 Å². The number of ether oxygens (including phenoxy) is 3. The summed E-state index contributed by atoms with van der Waals surface area (Å²) in [4.78, 5) is 65.1. The van der Waals surface area contributed by atoms with Gasteiger partial charge in [0.05, 0.1) is 6.61 Å². The summed E-state index contributed by atoms with van der Waals surface area (Å²) < 4.78 is 16.7. The summed E-state index contributed by atoms with van der Waals surface area (Å²) in [5.41, 5.74) is 1.58. The first kappa shape index (κ1) is 42.6. The number of benzene rings is 2. The fraction of sp³-hybridized carbons (Fsp3) is 0.564. The van der Waals surface area contributed by atoms with Gasteiger partial charge in [0.25, 0.3) is 0 Å². The summed E-state index contributed by atoms with van der Waals surface area (Å²) >= 11 is 0. The smallest absolute Gasteiger partial charge is 0.410 e. The first-order valence-corrected chi connectivity index (χ1v) is 17.6. The highest BCUT2D eigenvalue weighted by Gasteiger charge is 2.28. The molecule has 0 aliphatic rings. The SMILES string of the molecule is CC(=O)N[C@@H](CCC(=O)OC(C)(C)C)C(=O)NC(CCc1ccccc1)C(=O)NCc1cc(OCCCCN(C)C(=O)OC(C)(C)C)ccc1C. The van der Waals surface area contributed by atoms with Gasteiger partial charge in [-0.2, -0.15) is 0 Å². The van der Waals surface area contributed by atoms with Crippen LogP contribution in [0.1, 0.15) is 97.3 Å². The number of hydrogen-bond acceptors (Lipinski definition) is 8. The number of carbonyl (C=O) groups is 5. The Morgan fingerprint density at radius 2 is 1.45 bits per heavy atom. The monoisotopic (exact) mass is 710 g/mol. The highest BCUT2D eigenvalue weighted by molar-refractivity contribution is 5.92. The Kier molecular flexibility index (Phi) is 16.9. The van der Waals surface area contributed by atoms with E-state index in [1.807, 2.05) is 76.2 Å². The molecule has 2 rings (SSSR count). The molecule has 2 atom stereocenters. The average Bonchev–Trinajstić information content (AvgIpc) is 3.03. The van der Waals surface area contributed by atoms with E-state index in [4.69, 9.17) is 14.2 Å². The number of amides is 4. The maximum atomic E-state index is 13.6. The second kappa shape index (κ2) is 20.3. The van der Waals surface area contributed by atoms with Crippen LogP contribution in [-0.4, -0.2) is 78.2 Å². The fourth-order valence-corrected chi connectivity index (χ4v) is 4.97. The third-order valence-electron chi connectivity index (χ3n) is 7.58. The minimum absolute atomic E-state index is 0.0137. The van der Waals surface area contributed by atoms with Crippen molar-refractivity contribution in [2.45, 2.75) is 124 Å². The van der Waals surface area contributed by atoms with Crippen LogP contribution in [0.4, 0.5) is 4.79 Å². The molecule has 282 valence electrons. The van der Waals surface area contributed by atoms with Crippen molar-refractivity contribution in [1.29, 1.82) is 0 Å². The Morgan fingerprint density at radius 3 is 2.08 bits per heavy atom. The largest absolute Gasteiger partial charge is 0.494 e. The van der Waals surface area contributed by atoms with Crippen molar-refractivity contribution in [3.05, 3.63) is 65.2 Å². The molecule has 2 aromatic rings. The predicted octanol–water partition coefficient (Wildman–Crippen LogP) is 5.38. The molecule has 12 heteroatoms. The van der Waals surface area contributed by atoms with Crippen LogP contribution in [0.25, 0.3) is 0 Å². The lowest BCUT2D eigenvalue weighted by molar-refractivity contribution is -0.155. The molecular formula is C39H58N4O8. The Balaban J connectivity index is 2.04. The van der Waals surface area contributed by atoms with Gasteiger partial charge in [-0.25, -0.2) is 4.79 Å². The minimum atomic E-state index is -1.03. The molecule has 0 fully saturated rings. The molecule has 1 unspecified atom stereocenters. The highest BCUT2D eigenvalue weighted by Crippen LogP contribution is 2.19. The van der Waals surface area contributed by atoms with E-state index in [0.717, 1.165) is 29.5 Å². The molecule has 0 aliphatic carbocycles. The van der Waals surface area contributed by atoms with E-state index in [2.05, 4.69) is 16.0 Å². The number of carbonyl (C=O) groups excluding carboxylic acids is 5. The third kappa shape index (κ3) is 17.7. The maximum absolute atomic E-state index is 13.6. The molecule has 0 bridgehead atoms. The quantitative estimate of drug-likeness (QED) is 0.138. The molecule has 3 N–H and O–H groups in total. The number of unbranched alkanes of at least 4 members (excludes halogenated alkanes) is 1. The van der Waals surface area contributed by atoms with Crippen LogP contribution >= 0.6 is 0 Å². The zero-order valence-corrected chi connectivity index (χ0v) is 31.9. The number of esters is 1. The third-order valence-corrected chi connectivity index (χ3v) is 7.58. The van der Waals surface area contributed by atoms with E-state index >= 15 is 0 Å². The molecule has 0 saturated carbocycles. The van der Waals surface area contributed by atoms with Crippen LogP contribution in [0.3, 0.4) is 0 Å². The van der Waals surface area contributed by atoms with Gasteiger partial charge in [-0.15, -0.1) is 0 Å². The molecule has 0 heterocycles. The Bertz CT molecular complexity index is 1450. The normalized spacial score (nSPS) is 12.6. The summed E-state index contributed by atoms with van der Waals surface area (Å²) in [6.07, 6.45) is 1.87. The number of nitrogens with zero attached hydrogens (tertiary/aromatic N) is 1. The first-order chi connectivity index (χ1) is 23.8. The van der Waals surface area contributed by atoms with Gasteiger partial charge in [-0.3, -0.25) is 19.2 Å². The highest BCUT2D eigenvalue weighted by atomic mass is 16.6. The lowest BCUT2D eigenvalue weighted by Crippen LogP contribution is -2.53. The van der Waals surface area contributed by atoms with Crippen LogP contribution in [-0.2, 0) is 41.6 Å². The van der Waals surface area contributed by atoms with Gasteiger partial charge < -0.3 is 35.1 Å². The van der Waals surface area contributed by atoms with Gasteiger partial charge in [-0.05, 0) is 109 Å². The average molecular weight is 711 g/mol. The first-order valence-electron chi connectivity index (χ1n) is 17.6. The Hall–Kier alpha value is -4.61. The van der Waals surface area contributed by atoms with E-state index in [0.29, 0.717) is 31.7 Å². The standard InChI is InChI=1S/C39H58N4O8/c1-27-17-19-31(49-24-14-13-23-43(9)37(48)51-39(6,7)8)25-30(27)26-40-35(46)32(20-18-29-15-11-10-12-16-29)42-36(47)33(41-28(2)44)21-22-34(45)50-38(3,4)5/h10-12,15-17,19,25,32-33H,13-14,18,20-24,26H2,1-9H3,(H,40,46)(H,41,44)(H,42,47)/t32?,33-/m0/s1. The van der Waals surface area contributed by atoms with Gasteiger partial charge in [-0.1, -0.05) is 36.4 Å². The Labute approximate surface area is 303 Å². The molecule has 2 aromatic carbocycles. The van der Waals surface area contributed by atoms with Crippen LogP contribution in [0, 0.1) is 6.92 Å². The van der Waals surface area contributed by atoms with Crippen molar-refractivity contribution in [1.82, 2.24) is 20.9 Å². The lowest BCUT2D eigenvalue weighted by atomic mass is 10.0. The minimum Gasteiger partial charge on any atom is -0.494 e. The summed E-state index contributed by atoms with van der Waals surface area (Å²) in [7, 11) is 1.71. The van der Waals surface area contributed by atoms with E-state index in [-0.39, 0.29) is 31.4 Å². The summed E-state index contributed by atoms with van der Waals surface area (Å²) in [6.45, 7) is 15.2. The van der Waals surface area contributed by atoms with E-state index in [1.54, 1.807) is 32.7 Å². The van der Waals surface area contributed by atoms with Crippen LogP contribution in [0.2, 0.25) is 0 Å². The van der Waals surface area contributed by atoms with Gasteiger partial charge >= 0.3 is 12.1 Å². The van der Waals surface area contributed by atoms with Crippen LogP contribution < -0.4 is 20.7 Å². The van der Waals surface area contributed by atoms with E-state index in [1.165, 1.54) is 6.92 Å². The van der Waals surface area contributed by atoms with Crippen molar-refractivity contribution in [3.63, 3.8) is 0 Å². The van der Waals surface area contributed by atoms with Gasteiger partial charge in [0.1, 0.15) is 29.0 Å². The lowest BCUT2D eigenvalue weighted by Gasteiger charge is -2.24. The predicted molar refractivity (Wildman–Crippen MR) is 196 cm³/mol. The summed E-state index contributed by atoms with van der Waals surface area (Å²) in [5.74, 6) is -1.21. The Morgan fingerprint density at radius 1 is 0.804 bits per heavy atom. The van der Waals surface area contributed by atoms with E-state index < -0.39 is 41.1 Å². The topological polar surface area (TPSA) is 152 Å². The molecule has 51 heavy (non-hydrogen) atoms. The van der Waals surface area contributed by atoms with E-state index in [9.17, 15) is 24.0 Å². The van der Waals surface area contributed by atoms with Gasteiger partial charge in [0.15, 0.2) is 0 Å². The molecule has 0 aliphatic heterocycles. The van der Waals surface area contributed by atoms with Crippen molar-refractivity contribution in [3.8, 4) is 5.75 Å². The van der Waals surface area contributed by atoms with Crippen molar-refractivity contribution in [2.75, 3.05) is 20.2 Å². The number of rotatable bonds is 18. The van der Waals surface area contributed by atoms with Gasteiger partial charge in [0.2, 0.25) is 17.7 Å². The van der Waals surface area contributed by atoms with Crippen LogP contribution in [0.5, 0.6) is 5.75 Å². The van der Waals surface area contributed by atoms with Crippen molar-refractivity contribution >= 4 is 29.8 Å². The van der Waals surface area contributed by atoms with Gasteiger partial charge in [0, 0.05) is 33.5 Å². The summed E-state index contributed by atoms with van der Waals surface area (Å²) in [6, 6.07) is 13.4. The molecule has 0 aromatic heterocycles. The number of hydrogen-bond donors (Lipinski definition) is 3. The van der Waals surface area contributed by atoms with Crippen molar-refractivity contribution in [2.24, 2.45) is 0 Å². The molecule has 0 saturated heterocycles. The molecule has 0 radical (unpaired) electrons. The second-order valence-electron chi connectivity index (χ2n) is 14.7. The zero-order valence-electron chi connectivity index (χ0n) is 31.9. The maximum Gasteiger partial charge on any atom is 0.410 e. The fourth-order valence-electron chi connectivity index (χ4n) is 4.97. The summed E-state index contributed by atoms with van der Waals surface area (Å²) in [5, 5.41) is 8.38. The number of aryl methyl sites for hydroxylation is 2. The molecular weight excluding hydrogens is 652 g/mol. The molecule has 4 amide bonds. The van der Waals surface area contributed by atoms with Crippen molar-refractivity contribution < 1.29 is 38.2 Å². The molecule has 12 nitrogen and oxygen atoms in total. The molecule has 0 spiro atoms.